The molecule has 4 heteroatoms. The number of aryl methyl sites for hydroxylation is 2. The Morgan fingerprint density at radius 3 is 2.56 bits per heavy atom. The molecule has 1 atom stereocenters. The second-order valence-electron chi connectivity index (χ2n) is 4.41. The zero-order chi connectivity index (χ0) is 13.1. The lowest BCUT2D eigenvalue weighted by atomic mass is 10.1. The van der Waals surface area contributed by atoms with Gasteiger partial charge in [0, 0.05) is 13.2 Å². The summed E-state index contributed by atoms with van der Waals surface area (Å²) < 4.78 is 1.65. The Labute approximate surface area is 107 Å². The van der Waals surface area contributed by atoms with Gasteiger partial charge >= 0.3 is 0 Å². The zero-order valence-electron chi connectivity index (χ0n) is 10.8. The van der Waals surface area contributed by atoms with Crippen molar-refractivity contribution in [1.82, 2.24) is 15.1 Å². The van der Waals surface area contributed by atoms with E-state index in [4.69, 9.17) is 0 Å². The van der Waals surface area contributed by atoms with E-state index >= 15 is 0 Å². The first-order valence-corrected chi connectivity index (χ1v) is 5.94. The molecule has 0 saturated heterocycles. The molecule has 0 radical (unpaired) electrons. The van der Waals surface area contributed by atoms with Crippen molar-refractivity contribution in [3.05, 3.63) is 53.3 Å². The molecule has 1 aromatic heterocycles. The van der Waals surface area contributed by atoms with Gasteiger partial charge in [-0.25, -0.2) is 0 Å². The van der Waals surface area contributed by atoms with Crippen LogP contribution in [0.3, 0.4) is 0 Å². The second kappa shape index (κ2) is 5.04. The molecular formula is C14H17N3O. The molecule has 0 aliphatic heterocycles. The maximum Gasteiger partial charge on any atom is 0.255 e. The Hall–Kier alpha value is -2.10. The third-order valence-electron chi connectivity index (χ3n) is 2.91. The van der Waals surface area contributed by atoms with Gasteiger partial charge in [0.2, 0.25) is 0 Å². The summed E-state index contributed by atoms with van der Waals surface area (Å²) in [6, 6.07) is 9.88. The minimum Gasteiger partial charge on any atom is -0.345 e. The van der Waals surface area contributed by atoms with Crippen molar-refractivity contribution < 1.29 is 4.79 Å². The number of nitrogens with zero attached hydrogens (tertiary/aromatic N) is 2. The van der Waals surface area contributed by atoms with E-state index in [1.165, 1.54) is 0 Å². The van der Waals surface area contributed by atoms with E-state index in [1.54, 1.807) is 10.9 Å². The molecule has 0 bridgehead atoms. The maximum absolute atomic E-state index is 12.1. The Bertz CT molecular complexity index is 545. The number of benzene rings is 1. The smallest absolute Gasteiger partial charge is 0.255 e. The molecule has 94 valence electrons. The number of hydrogen-bond donors (Lipinski definition) is 1. The maximum atomic E-state index is 12.1. The van der Waals surface area contributed by atoms with Gasteiger partial charge in [0.15, 0.2) is 0 Å². The molecule has 4 nitrogen and oxygen atoms in total. The van der Waals surface area contributed by atoms with Gasteiger partial charge in [-0.1, -0.05) is 30.3 Å². The predicted octanol–water partition coefficient (Wildman–Crippen LogP) is 2.22. The first-order valence-electron chi connectivity index (χ1n) is 5.94. The normalized spacial score (nSPS) is 12.2. The largest absolute Gasteiger partial charge is 0.345 e. The van der Waals surface area contributed by atoms with E-state index < -0.39 is 0 Å². The first-order chi connectivity index (χ1) is 8.58. The van der Waals surface area contributed by atoms with Gasteiger partial charge in [-0.05, 0) is 19.4 Å². The lowest BCUT2D eigenvalue weighted by Gasteiger charge is -2.13. The Morgan fingerprint density at radius 1 is 1.33 bits per heavy atom. The topological polar surface area (TPSA) is 46.9 Å². The third kappa shape index (κ3) is 2.59. The average Bonchev–Trinajstić information content (AvgIpc) is 2.69. The molecule has 0 aliphatic carbocycles. The van der Waals surface area contributed by atoms with Crippen LogP contribution in [0.1, 0.15) is 34.6 Å². The molecule has 1 aromatic carbocycles. The number of aromatic nitrogens is 2. The Morgan fingerprint density at radius 2 is 2.00 bits per heavy atom. The van der Waals surface area contributed by atoms with E-state index in [0.29, 0.717) is 5.56 Å². The van der Waals surface area contributed by atoms with Gasteiger partial charge in [-0.3, -0.25) is 9.48 Å². The fourth-order valence-corrected chi connectivity index (χ4v) is 1.92. The van der Waals surface area contributed by atoms with Gasteiger partial charge in [-0.2, -0.15) is 5.10 Å². The van der Waals surface area contributed by atoms with Crippen LogP contribution in [0, 0.1) is 6.92 Å². The van der Waals surface area contributed by atoms with Crippen molar-refractivity contribution >= 4 is 5.91 Å². The zero-order valence-corrected chi connectivity index (χ0v) is 10.8. The van der Waals surface area contributed by atoms with Crippen molar-refractivity contribution in [2.45, 2.75) is 19.9 Å². The van der Waals surface area contributed by atoms with E-state index in [-0.39, 0.29) is 11.9 Å². The van der Waals surface area contributed by atoms with Crippen LogP contribution < -0.4 is 5.32 Å². The van der Waals surface area contributed by atoms with Crippen molar-refractivity contribution in [1.29, 1.82) is 0 Å². The molecule has 2 aromatic rings. The van der Waals surface area contributed by atoms with Crippen LogP contribution in [-0.4, -0.2) is 15.7 Å². The lowest BCUT2D eigenvalue weighted by molar-refractivity contribution is 0.0939. The Balaban J connectivity index is 2.10. The highest BCUT2D eigenvalue weighted by Crippen LogP contribution is 2.13. The molecule has 0 fully saturated rings. The highest BCUT2D eigenvalue weighted by molar-refractivity contribution is 5.95. The quantitative estimate of drug-likeness (QED) is 0.898. The van der Waals surface area contributed by atoms with Crippen molar-refractivity contribution in [2.24, 2.45) is 7.05 Å². The summed E-state index contributed by atoms with van der Waals surface area (Å²) in [6.45, 7) is 3.81. The molecule has 1 amide bonds. The number of nitrogens with one attached hydrogen (secondary N) is 1. The average molecular weight is 243 g/mol. The number of rotatable bonds is 3. The molecule has 1 N–H and O–H groups in total. The molecule has 1 heterocycles. The van der Waals surface area contributed by atoms with Gasteiger partial charge in [0.25, 0.3) is 5.91 Å². The van der Waals surface area contributed by atoms with Crippen LogP contribution in [0.4, 0.5) is 0 Å². The van der Waals surface area contributed by atoms with Crippen LogP contribution in [0.2, 0.25) is 0 Å². The number of amides is 1. The first kappa shape index (κ1) is 12.4. The molecule has 0 aliphatic rings. The number of carbonyl (C=O) groups excluding carboxylic acids is 1. The summed E-state index contributed by atoms with van der Waals surface area (Å²) in [5.41, 5.74) is 2.46. The molecule has 2 rings (SSSR count). The number of hydrogen-bond acceptors (Lipinski definition) is 2. The molecule has 0 spiro atoms. The monoisotopic (exact) mass is 243 g/mol. The van der Waals surface area contributed by atoms with E-state index in [2.05, 4.69) is 10.4 Å². The van der Waals surface area contributed by atoms with Gasteiger partial charge in [0.05, 0.1) is 17.3 Å². The van der Waals surface area contributed by atoms with E-state index in [0.717, 1.165) is 11.3 Å². The lowest BCUT2D eigenvalue weighted by Crippen LogP contribution is -2.26. The van der Waals surface area contributed by atoms with Gasteiger partial charge < -0.3 is 5.32 Å². The summed E-state index contributed by atoms with van der Waals surface area (Å²) in [6.07, 6.45) is 1.74. The molecule has 18 heavy (non-hydrogen) atoms. The van der Waals surface area contributed by atoms with Crippen LogP contribution >= 0.6 is 0 Å². The van der Waals surface area contributed by atoms with Crippen molar-refractivity contribution in [2.75, 3.05) is 0 Å². The molecular weight excluding hydrogens is 226 g/mol. The van der Waals surface area contributed by atoms with Crippen LogP contribution in [0.5, 0.6) is 0 Å². The van der Waals surface area contributed by atoms with E-state index in [9.17, 15) is 4.79 Å². The minimum absolute atomic E-state index is 0.0155. The second-order valence-corrected chi connectivity index (χ2v) is 4.41. The van der Waals surface area contributed by atoms with E-state index in [1.807, 2.05) is 51.2 Å². The fraction of sp³-hybridized carbons (Fsp3) is 0.286. The van der Waals surface area contributed by atoms with Crippen LogP contribution in [0.25, 0.3) is 0 Å². The standard InChI is InChI=1S/C14H17N3O/c1-10(12-7-5-4-6-8-12)15-14(18)13-9-17(3)16-11(13)2/h4-10H,1-3H3,(H,15,18). The summed E-state index contributed by atoms with van der Waals surface area (Å²) in [5.74, 6) is -0.0862. The SMILES string of the molecule is Cc1nn(C)cc1C(=O)NC(C)c1ccccc1. The predicted molar refractivity (Wildman–Crippen MR) is 70.3 cm³/mol. The highest BCUT2D eigenvalue weighted by Gasteiger charge is 2.15. The van der Waals surface area contributed by atoms with Crippen molar-refractivity contribution in [3.63, 3.8) is 0 Å². The summed E-state index contributed by atoms with van der Waals surface area (Å²) >= 11 is 0. The van der Waals surface area contributed by atoms with Gasteiger partial charge in [0.1, 0.15) is 0 Å². The summed E-state index contributed by atoms with van der Waals surface area (Å²) in [5, 5.41) is 7.14. The minimum atomic E-state index is -0.0862. The number of carbonyl (C=O) groups is 1. The highest BCUT2D eigenvalue weighted by atomic mass is 16.1. The summed E-state index contributed by atoms with van der Waals surface area (Å²) in [7, 11) is 1.81. The van der Waals surface area contributed by atoms with Crippen LogP contribution in [-0.2, 0) is 7.05 Å². The Kier molecular flexibility index (Phi) is 3.46. The molecule has 0 saturated carbocycles. The van der Waals surface area contributed by atoms with Crippen molar-refractivity contribution in [3.8, 4) is 0 Å². The fourth-order valence-electron chi connectivity index (χ4n) is 1.92. The molecule has 1 unspecified atom stereocenters. The van der Waals surface area contributed by atoms with Crippen LogP contribution in [0.15, 0.2) is 36.5 Å². The van der Waals surface area contributed by atoms with Gasteiger partial charge in [-0.15, -0.1) is 0 Å². The summed E-state index contributed by atoms with van der Waals surface area (Å²) in [4.78, 5) is 12.1. The third-order valence-corrected chi connectivity index (χ3v) is 2.91.